The Morgan fingerprint density at radius 1 is 1.16 bits per heavy atom. The molecule has 0 aromatic heterocycles. The van der Waals surface area contributed by atoms with Crippen LogP contribution >= 0.6 is 0 Å². The van der Waals surface area contributed by atoms with Crippen molar-refractivity contribution >= 4 is 5.96 Å². The summed E-state index contributed by atoms with van der Waals surface area (Å²) in [5, 5.41) is 5.39. The zero-order valence-electron chi connectivity index (χ0n) is 13.8. The molecule has 0 aliphatic heterocycles. The van der Waals surface area contributed by atoms with E-state index in [0.29, 0.717) is 18.5 Å². The van der Waals surface area contributed by atoms with Crippen molar-refractivity contribution in [1.82, 2.24) is 10.6 Å². The SMILES string of the molecule is CN=C(NCCc1ccc(OC)c(OC(F)F)c1)NCCC(F)(F)F. The largest absolute Gasteiger partial charge is 0.493 e. The molecular formula is C15H20F5N3O2. The lowest BCUT2D eigenvalue weighted by Gasteiger charge is -2.14. The molecule has 1 aromatic rings. The van der Waals surface area contributed by atoms with Crippen LogP contribution in [0.25, 0.3) is 0 Å². The minimum absolute atomic E-state index is 0.0808. The molecule has 0 saturated heterocycles. The molecule has 10 heteroatoms. The van der Waals surface area contributed by atoms with Crippen LogP contribution in [-0.4, -0.2) is 46.0 Å². The van der Waals surface area contributed by atoms with E-state index in [1.807, 2.05) is 0 Å². The Bertz CT molecular complexity index is 565. The van der Waals surface area contributed by atoms with E-state index >= 15 is 0 Å². The molecule has 0 aliphatic carbocycles. The highest BCUT2D eigenvalue weighted by atomic mass is 19.4. The van der Waals surface area contributed by atoms with Crippen LogP contribution in [0.4, 0.5) is 22.0 Å². The van der Waals surface area contributed by atoms with Crippen LogP contribution in [0.1, 0.15) is 12.0 Å². The fourth-order valence-corrected chi connectivity index (χ4v) is 1.93. The van der Waals surface area contributed by atoms with Gasteiger partial charge in [0, 0.05) is 20.1 Å². The minimum Gasteiger partial charge on any atom is -0.493 e. The molecule has 0 heterocycles. The maximum Gasteiger partial charge on any atom is 0.390 e. The number of hydrogen-bond acceptors (Lipinski definition) is 3. The molecule has 0 spiro atoms. The number of alkyl halides is 5. The molecule has 0 unspecified atom stereocenters. The second-order valence-electron chi connectivity index (χ2n) is 4.90. The fourth-order valence-electron chi connectivity index (χ4n) is 1.93. The number of rotatable bonds is 8. The first-order valence-corrected chi connectivity index (χ1v) is 7.38. The molecule has 0 aliphatic rings. The van der Waals surface area contributed by atoms with Crippen molar-refractivity contribution in [2.24, 2.45) is 4.99 Å². The molecule has 1 aromatic carbocycles. The van der Waals surface area contributed by atoms with E-state index in [0.717, 1.165) is 0 Å². The molecule has 5 nitrogen and oxygen atoms in total. The van der Waals surface area contributed by atoms with Crippen molar-refractivity contribution in [1.29, 1.82) is 0 Å². The Labute approximate surface area is 142 Å². The van der Waals surface area contributed by atoms with E-state index in [1.165, 1.54) is 26.3 Å². The summed E-state index contributed by atoms with van der Waals surface area (Å²) in [5.74, 6) is 0.325. The van der Waals surface area contributed by atoms with E-state index in [1.54, 1.807) is 6.07 Å². The number of methoxy groups -OCH3 is 1. The molecule has 0 fully saturated rings. The quantitative estimate of drug-likeness (QED) is 0.420. The lowest BCUT2D eigenvalue weighted by Crippen LogP contribution is -2.39. The van der Waals surface area contributed by atoms with Crippen LogP contribution in [0.3, 0.4) is 0 Å². The Morgan fingerprint density at radius 2 is 1.84 bits per heavy atom. The van der Waals surface area contributed by atoms with Crippen LogP contribution in [0.15, 0.2) is 23.2 Å². The summed E-state index contributed by atoms with van der Waals surface area (Å²) in [4.78, 5) is 3.81. The first-order valence-electron chi connectivity index (χ1n) is 7.38. The average molecular weight is 369 g/mol. The fraction of sp³-hybridized carbons (Fsp3) is 0.533. The normalized spacial score (nSPS) is 12.2. The second-order valence-corrected chi connectivity index (χ2v) is 4.90. The molecule has 142 valence electrons. The summed E-state index contributed by atoms with van der Waals surface area (Å²) < 4.78 is 70.4. The second kappa shape index (κ2) is 9.90. The van der Waals surface area contributed by atoms with Gasteiger partial charge in [-0.05, 0) is 24.1 Å². The molecule has 25 heavy (non-hydrogen) atoms. The average Bonchev–Trinajstić information content (AvgIpc) is 2.52. The first-order chi connectivity index (χ1) is 11.7. The van der Waals surface area contributed by atoms with Gasteiger partial charge >= 0.3 is 12.8 Å². The smallest absolute Gasteiger partial charge is 0.390 e. The standard InChI is InChI=1S/C15H20F5N3O2/c1-21-14(23-8-6-15(18,19)20)22-7-5-10-3-4-11(24-2)12(9-10)25-13(16)17/h3-4,9,13H,5-8H2,1-2H3,(H2,21,22,23). The van der Waals surface area contributed by atoms with Crippen molar-refractivity contribution in [3.05, 3.63) is 23.8 Å². The highest BCUT2D eigenvalue weighted by Crippen LogP contribution is 2.29. The number of nitrogens with zero attached hydrogens (tertiary/aromatic N) is 1. The molecule has 0 bridgehead atoms. The number of halogens is 5. The van der Waals surface area contributed by atoms with E-state index in [4.69, 9.17) is 4.74 Å². The summed E-state index contributed by atoms with van der Waals surface area (Å²) in [6.45, 7) is -2.93. The predicted octanol–water partition coefficient (Wildman–Crippen LogP) is 2.96. The lowest BCUT2D eigenvalue weighted by molar-refractivity contribution is -0.132. The van der Waals surface area contributed by atoms with Crippen LogP contribution in [0.5, 0.6) is 11.5 Å². The van der Waals surface area contributed by atoms with Crippen LogP contribution in [0.2, 0.25) is 0 Å². The maximum absolute atomic E-state index is 12.4. The first kappa shape index (κ1) is 20.8. The van der Waals surface area contributed by atoms with Gasteiger partial charge in [0.05, 0.1) is 13.5 Å². The molecular weight excluding hydrogens is 349 g/mol. The zero-order valence-corrected chi connectivity index (χ0v) is 13.8. The third-order valence-corrected chi connectivity index (χ3v) is 3.07. The number of guanidine groups is 1. The van der Waals surface area contributed by atoms with E-state index in [9.17, 15) is 22.0 Å². The highest BCUT2D eigenvalue weighted by Gasteiger charge is 2.26. The third-order valence-electron chi connectivity index (χ3n) is 3.07. The van der Waals surface area contributed by atoms with E-state index in [2.05, 4.69) is 20.4 Å². The number of ether oxygens (including phenoxy) is 2. The summed E-state index contributed by atoms with van der Waals surface area (Å²) in [6, 6.07) is 4.61. The predicted molar refractivity (Wildman–Crippen MR) is 83.4 cm³/mol. The summed E-state index contributed by atoms with van der Waals surface area (Å²) in [6.07, 6.45) is -4.79. The van der Waals surface area contributed by atoms with Crippen molar-refractivity contribution in [2.75, 3.05) is 27.2 Å². The van der Waals surface area contributed by atoms with Crippen LogP contribution in [0, 0.1) is 0 Å². The van der Waals surface area contributed by atoms with Gasteiger partial charge in [-0.2, -0.15) is 22.0 Å². The molecule has 0 radical (unpaired) electrons. The zero-order chi connectivity index (χ0) is 18.9. The van der Waals surface area contributed by atoms with Crippen molar-refractivity contribution < 1.29 is 31.4 Å². The van der Waals surface area contributed by atoms with Crippen molar-refractivity contribution in [3.8, 4) is 11.5 Å². The van der Waals surface area contributed by atoms with Crippen molar-refractivity contribution in [3.63, 3.8) is 0 Å². The number of hydrogen-bond donors (Lipinski definition) is 2. The molecule has 0 saturated carbocycles. The molecule has 0 amide bonds. The summed E-state index contributed by atoms with van der Waals surface area (Å²) >= 11 is 0. The van der Waals surface area contributed by atoms with Gasteiger partial charge in [-0.1, -0.05) is 6.07 Å². The molecule has 0 atom stereocenters. The van der Waals surface area contributed by atoms with Gasteiger partial charge < -0.3 is 20.1 Å². The van der Waals surface area contributed by atoms with Gasteiger partial charge in [0.1, 0.15) is 0 Å². The summed E-state index contributed by atoms with van der Waals surface area (Å²) in [5.41, 5.74) is 0.690. The maximum atomic E-state index is 12.4. The number of nitrogens with one attached hydrogen (secondary N) is 2. The highest BCUT2D eigenvalue weighted by molar-refractivity contribution is 5.79. The topological polar surface area (TPSA) is 54.9 Å². The lowest BCUT2D eigenvalue weighted by atomic mass is 10.1. The van der Waals surface area contributed by atoms with Crippen LogP contribution in [-0.2, 0) is 6.42 Å². The number of benzene rings is 1. The third kappa shape index (κ3) is 8.41. The Hall–Kier alpha value is -2.26. The van der Waals surface area contributed by atoms with Gasteiger partial charge in [0.25, 0.3) is 0 Å². The molecule has 2 N–H and O–H groups in total. The van der Waals surface area contributed by atoms with Crippen molar-refractivity contribution in [2.45, 2.75) is 25.6 Å². The Balaban J connectivity index is 2.51. The van der Waals surface area contributed by atoms with E-state index < -0.39 is 19.2 Å². The summed E-state index contributed by atoms with van der Waals surface area (Å²) in [7, 11) is 2.77. The van der Waals surface area contributed by atoms with Gasteiger partial charge in [-0.25, -0.2) is 0 Å². The monoisotopic (exact) mass is 369 g/mol. The Morgan fingerprint density at radius 3 is 2.40 bits per heavy atom. The molecule has 1 rings (SSSR count). The van der Waals surface area contributed by atoms with Gasteiger partial charge in [0.15, 0.2) is 17.5 Å². The minimum atomic E-state index is -4.24. The van der Waals surface area contributed by atoms with Gasteiger partial charge in [-0.3, -0.25) is 4.99 Å². The van der Waals surface area contributed by atoms with Gasteiger partial charge in [-0.15, -0.1) is 0 Å². The van der Waals surface area contributed by atoms with E-state index in [-0.39, 0.29) is 24.0 Å². The van der Waals surface area contributed by atoms with Gasteiger partial charge in [0.2, 0.25) is 0 Å². The Kier molecular flexibility index (Phi) is 8.23. The number of aliphatic imine (C=N–C) groups is 1. The van der Waals surface area contributed by atoms with Crippen LogP contribution < -0.4 is 20.1 Å².